The van der Waals surface area contributed by atoms with Crippen LogP contribution in [0.25, 0.3) is 0 Å². The van der Waals surface area contributed by atoms with Gasteiger partial charge in [-0.25, -0.2) is 4.98 Å². The average Bonchev–Trinajstić information content (AvgIpc) is 3.29. The van der Waals surface area contributed by atoms with E-state index in [0.29, 0.717) is 29.5 Å². The van der Waals surface area contributed by atoms with Crippen molar-refractivity contribution in [1.82, 2.24) is 9.88 Å². The molecule has 1 aliphatic rings. The van der Waals surface area contributed by atoms with Crippen LogP contribution < -0.4 is 5.32 Å². The van der Waals surface area contributed by atoms with Crippen LogP contribution in [0.1, 0.15) is 43.0 Å². The van der Waals surface area contributed by atoms with Crippen molar-refractivity contribution in [2.75, 3.05) is 18.4 Å². The molecule has 1 amide bonds. The number of hydrogen-bond donors (Lipinski definition) is 1. The molecule has 1 N–H and O–H groups in total. The second-order valence-electron chi connectivity index (χ2n) is 5.13. The first kappa shape index (κ1) is 15.6. The molecule has 0 bridgehead atoms. The molecule has 2 rings (SSSR count). The molecule has 21 heavy (non-hydrogen) atoms. The molecule has 0 saturated heterocycles. The first-order valence-corrected chi connectivity index (χ1v) is 7.63. The third kappa shape index (κ3) is 4.33. The van der Waals surface area contributed by atoms with Crippen LogP contribution in [0.3, 0.4) is 0 Å². The number of aromatic nitrogens is 1. The quantitative estimate of drug-likeness (QED) is 0.786. The van der Waals surface area contributed by atoms with Gasteiger partial charge < -0.3 is 10.2 Å². The highest BCUT2D eigenvalue weighted by Crippen LogP contribution is 2.29. The van der Waals surface area contributed by atoms with Gasteiger partial charge in [0.25, 0.3) is 5.91 Å². The maximum atomic E-state index is 12.6. The van der Waals surface area contributed by atoms with Crippen molar-refractivity contribution in [3.8, 4) is 6.07 Å². The normalized spacial score (nSPS) is 13.6. The van der Waals surface area contributed by atoms with E-state index in [-0.39, 0.29) is 11.9 Å². The summed E-state index contributed by atoms with van der Waals surface area (Å²) in [6.07, 6.45) is 3.34. The molecule has 1 fully saturated rings. The minimum Gasteiger partial charge on any atom is -0.370 e. The zero-order valence-electron chi connectivity index (χ0n) is 12.1. The molecule has 0 atom stereocenters. The Labute approximate surface area is 129 Å². The van der Waals surface area contributed by atoms with Gasteiger partial charge in [-0.1, -0.05) is 18.5 Å². The number of pyridine rings is 1. The maximum Gasteiger partial charge on any atom is 0.254 e. The summed E-state index contributed by atoms with van der Waals surface area (Å²) in [5.41, 5.74) is 0.526. The molecular weight excluding hydrogens is 288 g/mol. The fraction of sp³-hybridized carbons (Fsp3) is 0.533. The first-order valence-electron chi connectivity index (χ1n) is 7.25. The van der Waals surface area contributed by atoms with Gasteiger partial charge in [0.05, 0.1) is 12.5 Å². The van der Waals surface area contributed by atoms with Crippen molar-refractivity contribution in [3.63, 3.8) is 0 Å². The van der Waals surface area contributed by atoms with Crippen molar-refractivity contribution in [2.24, 2.45) is 0 Å². The van der Waals surface area contributed by atoms with Crippen LogP contribution in [0.2, 0.25) is 5.15 Å². The molecule has 112 valence electrons. The monoisotopic (exact) mass is 306 g/mol. The predicted octanol–water partition coefficient (Wildman–Crippen LogP) is 3.08. The number of nitrogens with one attached hydrogen (secondary N) is 1. The fourth-order valence-electron chi connectivity index (χ4n) is 2.14. The first-order chi connectivity index (χ1) is 10.2. The van der Waals surface area contributed by atoms with E-state index >= 15 is 0 Å². The molecule has 1 aliphatic carbocycles. The van der Waals surface area contributed by atoms with Gasteiger partial charge in [0.15, 0.2) is 0 Å². The SMILES string of the molecule is CCCNc1cc(C(=O)N(CCC#N)C2CC2)cc(Cl)n1. The summed E-state index contributed by atoms with van der Waals surface area (Å²) >= 11 is 6.00. The van der Waals surface area contributed by atoms with Crippen LogP contribution in [0, 0.1) is 11.3 Å². The maximum absolute atomic E-state index is 12.6. The highest BCUT2D eigenvalue weighted by molar-refractivity contribution is 6.29. The van der Waals surface area contributed by atoms with Crippen molar-refractivity contribution < 1.29 is 4.79 Å². The lowest BCUT2D eigenvalue weighted by Crippen LogP contribution is -2.34. The summed E-state index contributed by atoms with van der Waals surface area (Å²) in [5.74, 6) is 0.542. The Hall–Kier alpha value is -1.80. The van der Waals surface area contributed by atoms with E-state index in [1.54, 1.807) is 17.0 Å². The second kappa shape index (κ2) is 7.28. The number of rotatable bonds is 7. The van der Waals surface area contributed by atoms with E-state index in [9.17, 15) is 4.79 Å². The topological polar surface area (TPSA) is 69.0 Å². The highest BCUT2D eigenvalue weighted by Gasteiger charge is 2.32. The zero-order chi connectivity index (χ0) is 15.2. The van der Waals surface area contributed by atoms with Gasteiger partial charge in [-0.3, -0.25) is 4.79 Å². The van der Waals surface area contributed by atoms with E-state index in [0.717, 1.165) is 25.8 Å². The molecule has 1 aromatic heterocycles. The van der Waals surface area contributed by atoms with E-state index < -0.39 is 0 Å². The van der Waals surface area contributed by atoms with Crippen LogP contribution in [0.15, 0.2) is 12.1 Å². The van der Waals surface area contributed by atoms with Gasteiger partial charge in [0, 0.05) is 24.7 Å². The molecule has 1 saturated carbocycles. The third-order valence-electron chi connectivity index (χ3n) is 3.31. The zero-order valence-corrected chi connectivity index (χ0v) is 12.9. The van der Waals surface area contributed by atoms with Gasteiger partial charge in [0.1, 0.15) is 11.0 Å². The predicted molar refractivity (Wildman–Crippen MR) is 82.3 cm³/mol. The minimum atomic E-state index is -0.0726. The van der Waals surface area contributed by atoms with Gasteiger partial charge in [0.2, 0.25) is 0 Å². The number of nitriles is 1. The molecule has 0 aliphatic heterocycles. The van der Waals surface area contributed by atoms with Crippen LogP contribution in [-0.4, -0.2) is 34.9 Å². The summed E-state index contributed by atoms with van der Waals surface area (Å²) in [6.45, 7) is 3.31. The number of nitrogens with zero attached hydrogens (tertiary/aromatic N) is 3. The summed E-state index contributed by atoms with van der Waals surface area (Å²) in [4.78, 5) is 18.6. The third-order valence-corrected chi connectivity index (χ3v) is 3.50. The number of hydrogen-bond acceptors (Lipinski definition) is 4. The Bertz CT molecular complexity index is 551. The van der Waals surface area contributed by atoms with Gasteiger partial charge in [-0.15, -0.1) is 0 Å². The van der Waals surface area contributed by atoms with E-state index in [1.165, 1.54) is 0 Å². The Balaban J connectivity index is 2.16. The summed E-state index contributed by atoms with van der Waals surface area (Å²) < 4.78 is 0. The van der Waals surface area contributed by atoms with Gasteiger partial charge in [-0.05, 0) is 31.4 Å². The van der Waals surface area contributed by atoms with E-state index in [1.807, 2.05) is 0 Å². The Morgan fingerprint density at radius 2 is 2.33 bits per heavy atom. The van der Waals surface area contributed by atoms with Crippen LogP contribution >= 0.6 is 11.6 Å². The molecule has 0 radical (unpaired) electrons. The molecule has 1 heterocycles. The van der Waals surface area contributed by atoms with Crippen LogP contribution in [0.4, 0.5) is 5.82 Å². The van der Waals surface area contributed by atoms with Gasteiger partial charge >= 0.3 is 0 Å². The lowest BCUT2D eigenvalue weighted by Gasteiger charge is -2.21. The van der Waals surface area contributed by atoms with Crippen molar-refractivity contribution in [3.05, 3.63) is 22.8 Å². The molecule has 0 aromatic carbocycles. The molecule has 0 unspecified atom stereocenters. The van der Waals surface area contributed by atoms with Crippen molar-refractivity contribution in [2.45, 2.75) is 38.6 Å². The number of anilines is 1. The second-order valence-corrected chi connectivity index (χ2v) is 5.52. The standard InChI is InChI=1S/C15H19ClN4O/c1-2-7-18-14-10-11(9-13(16)19-14)15(21)20(8-3-6-17)12-4-5-12/h9-10,12H,2-5,7-8H2,1H3,(H,18,19). The Morgan fingerprint density at radius 3 is 2.95 bits per heavy atom. The smallest absolute Gasteiger partial charge is 0.254 e. The Kier molecular flexibility index (Phi) is 5.40. The molecule has 5 nitrogen and oxygen atoms in total. The van der Waals surface area contributed by atoms with Crippen LogP contribution in [-0.2, 0) is 0 Å². The van der Waals surface area contributed by atoms with Crippen molar-refractivity contribution in [1.29, 1.82) is 5.26 Å². The summed E-state index contributed by atoms with van der Waals surface area (Å²) in [6, 6.07) is 5.68. The minimum absolute atomic E-state index is 0.0726. The summed E-state index contributed by atoms with van der Waals surface area (Å²) in [7, 11) is 0. The fourth-order valence-corrected chi connectivity index (χ4v) is 2.35. The highest BCUT2D eigenvalue weighted by atomic mass is 35.5. The van der Waals surface area contributed by atoms with E-state index in [4.69, 9.17) is 16.9 Å². The molecule has 1 aromatic rings. The number of amides is 1. The van der Waals surface area contributed by atoms with Crippen molar-refractivity contribution >= 4 is 23.3 Å². The molecule has 6 heteroatoms. The van der Waals surface area contributed by atoms with E-state index in [2.05, 4.69) is 23.3 Å². The Morgan fingerprint density at radius 1 is 1.57 bits per heavy atom. The molecule has 0 spiro atoms. The van der Waals surface area contributed by atoms with Gasteiger partial charge in [-0.2, -0.15) is 5.26 Å². The van der Waals surface area contributed by atoms with Crippen LogP contribution in [0.5, 0.6) is 0 Å². The lowest BCUT2D eigenvalue weighted by molar-refractivity contribution is 0.0747. The number of carbonyl (C=O) groups excluding carboxylic acids is 1. The summed E-state index contributed by atoms with van der Waals surface area (Å²) in [5, 5.41) is 12.2. The number of carbonyl (C=O) groups is 1. The molecular formula is C15H19ClN4O. The number of halogens is 1. The average molecular weight is 307 g/mol. The largest absolute Gasteiger partial charge is 0.370 e. The lowest BCUT2D eigenvalue weighted by atomic mass is 10.2.